The monoisotopic (exact) mass is 225 g/mol. The smallest absolute Gasteiger partial charge is 0.229 e. The predicted molar refractivity (Wildman–Crippen MR) is 68.9 cm³/mol. The van der Waals surface area contributed by atoms with E-state index in [2.05, 4.69) is 24.3 Å². The second-order valence-electron chi connectivity index (χ2n) is 4.67. The molecule has 2 aromatic rings. The molecule has 0 saturated carbocycles. The topological polar surface area (TPSA) is 20.3 Å². The standard InChI is InChI=1S/C15H15NO/c1-16-10-9-14(15(16)17)13-8-4-6-11-5-2-3-7-12(11)13/h2-8,14H,9-10H2,1H3. The third-order valence-electron chi connectivity index (χ3n) is 3.63. The van der Waals surface area contributed by atoms with Gasteiger partial charge in [-0.1, -0.05) is 42.5 Å². The van der Waals surface area contributed by atoms with Crippen LogP contribution in [-0.4, -0.2) is 24.4 Å². The van der Waals surface area contributed by atoms with E-state index in [0.717, 1.165) is 13.0 Å². The number of carbonyl (C=O) groups excluding carboxylic acids is 1. The molecule has 1 atom stereocenters. The van der Waals surface area contributed by atoms with E-state index in [4.69, 9.17) is 0 Å². The van der Waals surface area contributed by atoms with Gasteiger partial charge in [0.2, 0.25) is 5.91 Å². The molecule has 3 rings (SSSR count). The number of nitrogens with zero attached hydrogens (tertiary/aromatic N) is 1. The first kappa shape index (κ1) is 10.3. The van der Waals surface area contributed by atoms with Crippen molar-refractivity contribution in [1.82, 2.24) is 4.90 Å². The van der Waals surface area contributed by atoms with Crippen molar-refractivity contribution in [2.45, 2.75) is 12.3 Å². The molecule has 0 radical (unpaired) electrons. The van der Waals surface area contributed by atoms with Crippen LogP contribution in [0.15, 0.2) is 42.5 Å². The van der Waals surface area contributed by atoms with Gasteiger partial charge in [-0.05, 0) is 22.8 Å². The summed E-state index contributed by atoms with van der Waals surface area (Å²) in [7, 11) is 1.88. The average molecular weight is 225 g/mol. The number of hydrogen-bond acceptors (Lipinski definition) is 1. The van der Waals surface area contributed by atoms with Crippen molar-refractivity contribution in [3.8, 4) is 0 Å². The Balaban J connectivity index is 2.15. The fraction of sp³-hybridized carbons (Fsp3) is 0.267. The van der Waals surface area contributed by atoms with E-state index in [1.54, 1.807) is 0 Å². The molecular weight excluding hydrogens is 210 g/mol. The number of benzene rings is 2. The summed E-state index contributed by atoms with van der Waals surface area (Å²) in [6.07, 6.45) is 0.934. The van der Waals surface area contributed by atoms with E-state index in [1.807, 2.05) is 30.1 Å². The van der Waals surface area contributed by atoms with Crippen molar-refractivity contribution in [3.05, 3.63) is 48.0 Å². The van der Waals surface area contributed by atoms with Gasteiger partial charge in [0.1, 0.15) is 0 Å². The van der Waals surface area contributed by atoms with Crippen molar-refractivity contribution in [3.63, 3.8) is 0 Å². The lowest BCUT2D eigenvalue weighted by Gasteiger charge is -2.13. The van der Waals surface area contributed by atoms with E-state index in [9.17, 15) is 4.79 Å². The lowest BCUT2D eigenvalue weighted by atomic mass is 9.92. The van der Waals surface area contributed by atoms with Crippen LogP contribution in [-0.2, 0) is 4.79 Å². The van der Waals surface area contributed by atoms with Gasteiger partial charge in [-0.3, -0.25) is 4.79 Å². The summed E-state index contributed by atoms with van der Waals surface area (Å²) in [5.74, 6) is 0.299. The Hall–Kier alpha value is -1.83. The van der Waals surface area contributed by atoms with Gasteiger partial charge in [0.05, 0.1) is 5.92 Å². The zero-order valence-corrected chi connectivity index (χ0v) is 9.89. The number of hydrogen-bond donors (Lipinski definition) is 0. The fourth-order valence-corrected chi connectivity index (χ4v) is 2.67. The molecule has 2 heteroatoms. The molecule has 0 bridgehead atoms. The van der Waals surface area contributed by atoms with Gasteiger partial charge in [0.15, 0.2) is 0 Å². The average Bonchev–Trinajstić information content (AvgIpc) is 2.69. The van der Waals surface area contributed by atoms with Crippen LogP contribution in [0.3, 0.4) is 0 Å². The van der Waals surface area contributed by atoms with Crippen molar-refractivity contribution in [2.24, 2.45) is 0 Å². The van der Waals surface area contributed by atoms with E-state index in [-0.39, 0.29) is 11.8 Å². The largest absolute Gasteiger partial charge is 0.345 e. The fourth-order valence-electron chi connectivity index (χ4n) is 2.67. The molecule has 0 aliphatic carbocycles. The van der Waals surface area contributed by atoms with Gasteiger partial charge >= 0.3 is 0 Å². The maximum atomic E-state index is 12.1. The van der Waals surface area contributed by atoms with E-state index in [0.29, 0.717) is 0 Å². The SMILES string of the molecule is CN1CCC(c2cccc3ccccc23)C1=O. The van der Waals surface area contributed by atoms with Crippen LogP contribution in [0.25, 0.3) is 10.8 Å². The first-order chi connectivity index (χ1) is 8.27. The molecule has 1 heterocycles. The van der Waals surface area contributed by atoms with Gasteiger partial charge in [-0.2, -0.15) is 0 Å². The van der Waals surface area contributed by atoms with Crippen molar-refractivity contribution < 1.29 is 4.79 Å². The summed E-state index contributed by atoms with van der Waals surface area (Å²) < 4.78 is 0. The minimum absolute atomic E-state index is 0.0473. The van der Waals surface area contributed by atoms with Crippen molar-refractivity contribution >= 4 is 16.7 Å². The highest BCUT2D eigenvalue weighted by molar-refractivity contribution is 5.93. The third kappa shape index (κ3) is 1.60. The van der Waals surface area contributed by atoms with Crippen LogP contribution in [0, 0.1) is 0 Å². The molecule has 0 N–H and O–H groups in total. The van der Waals surface area contributed by atoms with Gasteiger partial charge in [0, 0.05) is 13.6 Å². The zero-order chi connectivity index (χ0) is 11.8. The highest BCUT2D eigenvalue weighted by Crippen LogP contribution is 2.32. The Morgan fingerprint density at radius 3 is 2.65 bits per heavy atom. The van der Waals surface area contributed by atoms with Crippen LogP contribution in [0.5, 0.6) is 0 Å². The van der Waals surface area contributed by atoms with Crippen LogP contribution in [0.4, 0.5) is 0 Å². The summed E-state index contributed by atoms with van der Waals surface area (Å²) >= 11 is 0. The molecule has 1 fully saturated rings. The summed E-state index contributed by atoms with van der Waals surface area (Å²) in [4.78, 5) is 13.9. The van der Waals surface area contributed by atoms with E-state index >= 15 is 0 Å². The highest BCUT2D eigenvalue weighted by Gasteiger charge is 2.31. The van der Waals surface area contributed by atoms with E-state index in [1.165, 1.54) is 16.3 Å². The second-order valence-corrected chi connectivity index (χ2v) is 4.67. The summed E-state index contributed by atoms with van der Waals surface area (Å²) in [6.45, 7) is 0.868. The molecule has 1 aliphatic heterocycles. The van der Waals surface area contributed by atoms with Gasteiger partial charge in [0.25, 0.3) is 0 Å². The quantitative estimate of drug-likeness (QED) is 0.730. The predicted octanol–water partition coefficient (Wildman–Crippen LogP) is 2.79. The lowest BCUT2D eigenvalue weighted by molar-refractivity contribution is -0.127. The first-order valence-electron chi connectivity index (χ1n) is 6.00. The lowest BCUT2D eigenvalue weighted by Crippen LogP contribution is -2.21. The zero-order valence-electron chi connectivity index (χ0n) is 9.89. The summed E-state index contributed by atoms with van der Waals surface area (Å²) in [5, 5.41) is 2.43. The molecule has 1 unspecified atom stereocenters. The van der Waals surface area contributed by atoms with Crippen LogP contribution >= 0.6 is 0 Å². The van der Waals surface area contributed by atoms with Gasteiger partial charge in [-0.15, -0.1) is 0 Å². The summed E-state index contributed by atoms with van der Waals surface area (Å²) in [5.41, 5.74) is 1.18. The molecule has 1 saturated heterocycles. The highest BCUT2D eigenvalue weighted by atomic mass is 16.2. The molecular formula is C15H15NO. The number of likely N-dealkylation sites (N-methyl/N-ethyl adjacent to an activating group) is 1. The minimum Gasteiger partial charge on any atom is -0.345 e. The maximum absolute atomic E-state index is 12.1. The molecule has 1 aliphatic rings. The molecule has 1 amide bonds. The van der Waals surface area contributed by atoms with Crippen LogP contribution < -0.4 is 0 Å². The Kier molecular flexibility index (Phi) is 2.36. The van der Waals surface area contributed by atoms with E-state index < -0.39 is 0 Å². The molecule has 2 nitrogen and oxygen atoms in total. The number of rotatable bonds is 1. The Morgan fingerprint density at radius 2 is 1.88 bits per heavy atom. The number of fused-ring (bicyclic) bond motifs is 1. The third-order valence-corrected chi connectivity index (χ3v) is 3.63. The number of carbonyl (C=O) groups is 1. The second kappa shape index (κ2) is 3.88. The van der Waals surface area contributed by atoms with Crippen molar-refractivity contribution in [2.75, 3.05) is 13.6 Å². The Bertz CT molecular complexity index is 571. The van der Waals surface area contributed by atoms with Crippen LogP contribution in [0.2, 0.25) is 0 Å². The molecule has 0 aromatic heterocycles. The van der Waals surface area contributed by atoms with Gasteiger partial charge < -0.3 is 4.90 Å². The van der Waals surface area contributed by atoms with Gasteiger partial charge in [-0.25, -0.2) is 0 Å². The number of likely N-dealkylation sites (tertiary alicyclic amines) is 1. The molecule has 17 heavy (non-hydrogen) atoms. The molecule has 2 aromatic carbocycles. The molecule has 0 spiro atoms. The Labute approximate surface area is 101 Å². The number of amides is 1. The van der Waals surface area contributed by atoms with Crippen molar-refractivity contribution in [1.29, 1.82) is 0 Å². The Morgan fingerprint density at radius 1 is 1.12 bits per heavy atom. The minimum atomic E-state index is 0.0473. The first-order valence-corrected chi connectivity index (χ1v) is 6.00. The molecule has 86 valence electrons. The maximum Gasteiger partial charge on any atom is 0.229 e. The normalized spacial score (nSPS) is 20.2. The van der Waals surface area contributed by atoms with Crippen LogP contribution in [0.1, 0.15) is 17.9 Å². The summed E-state index contributed by atoms with van der Waals surface area (Å²) in [6, 6.07) is 14.5.